The van der Waals surface area contributed by atoms with Crippen LogP contribution in [0.25, 0.3) is 0 Å². The van der Waals surface area contributed by atoms with Gasteiger partial charge in [-0.15, -0.1) is 0 Å². The molecular weight excluding hydrogens is 386 g/mol. The Kier molecular flexibility index (Phi) is 7.72. The quantitative estimate of drug-likeness (QED) is 0.667. The van der Waals surface area contributed by atoms with Crippen LogP contribution in [0.4, 0.5) is 11.4 Å². The molecule has 1 heterocycles. The fraction of sp³-hybridized carbons (Fsp3) is 0.462. The van der Waals surface area contributed by atoms with Gasteiger partial charge in [-0.05, 0) is 67.5 Å². The molecule has 1 aliphatic heterocycles. The molecule has 1 saturated heterocycles. The normalized spacial score (nSPS) is 14.4. The highest BCUT2D eigenvalue weighted by Gasteiger charge is 2.24. The molecule has 5 heteroatoms. The van der Waals surface area contributed by atoms with E-state index in [1.165, 1.54) is 5.56 Å². The lowest BCUT2D eigenvalue weighted by molar-refractivity contribution is 0.0697. The second kappa shape index (κ2) is 10.5. The number of anilines is 2. The topological polar surface area (TPSA) is 52.7 Å². The van der Waals surface area contributed by atoms with Crippen LogP contribution in [-0.2, 0) is 6.42 Å². The maximum Gasteiger partial charge on any atom is 0.256 e. The Hall–Kier alpha value is -2.82. The highest BCUT2D eigenvalue weighted by atomic mass is 16.2. The number of amides is 2. The number of hydrogen-bond donors (Lipinski definition) is 1. The maximum absolute atomic E-state index is 13.2. The monoisotopic (exact) mass is 421 g/mol. The lowest BCUT2D eigenvalue weighted by Crippen LogP contribution is -2.38. The fourth-order valence-electron chi connectivity index (χ4n) is 3.96. The second-order valence-electron chi connectivity index (χ2n) is 8.86. The van der Waals surface area contributed by atoms with Crippen molar-refractivity contribution < 1.29 is 9.59 Å². The number of unbranched alkanes of at least 4 members (excludes halogenated alkanes) is 1. The minimum Gasteiger partial charge on any atom is -0.377 e. The van der Waals surface area contributed by atoms with Crippen molar-refractivity contribution in [2.75, 3.05) is 37.4 Å². The predicted octanol–water partition coefficient (Wildman–Crippen LogP) is 5.22. The fourth-order valence-corrected chi connectivity index (χ4v) is 3.96. The molecule has 1 aliphatic rings. The molecule has 0 bridgehead atoms. The van der Waals surface area contributed by atoms with Gasteiger partial charge >= 0.3 is 0 Å². The van der Waals surface area contributed by atoms with E-state index in [9.17, 15) is 9.59 Å². The van der Waals surface area contributed by atoms with Gasteiger partial charge in [0.2, 0.25) is 0 Å². The summed E-state index contributed by atoms with van der Waals surface area (Å²) in [5.41, 5.74) is 4.00. The number of nitrogens with one attached hydrogen (secondary N) is 1. The van der Waals surface area contributed by atoms with Gasteiger partial charge in [0, 0.05) is 44.1 Å². The van der Waals surface area contributed by atoms with Gasteiger partial charge in [0.1, 0.15) is 0 Å². The van der Waals surface area contributed by atoms with Crippen molar-refractivity contribution in [1.82, 2.24) is 4.90 Å². The van der Waals surface area contributed by atoms with E-state index in [4.69, 9.17) is 0 Å². The van der Waals surface area contributed by atoms with Crippen LogP contribution in [0.3, 0.4) is 0 Å². The lowest BCUT2D eigenvalue weighted by Gasteiger charge is -2.31. The van der Waals surface area contributed by atoms with Gasteiger partial charge in [-0.2, -0.15) is 0 Å². The summed E-state index contributed by atoms with van der Waals surface area (Å²) in [7, 11) is 3.87. The molecule has 3 rings (SSSR count). The van der Waals surface area contributed by atoms with Crippen molar-refractivity contribution in [1.29, 1.82) is 0 Å². The predicted molar refractivity (Wildman–Crippen MR) is 128 cm³/mol. The average molecular weight is 422 g/mol. The average Bonchev–Trinajstić information content (AvgIpc) is 2.77. The van der Waals surface area contributed by atoms with Crippen LogP contribution in [-0.4, -0.2) is 43.9 Å². The third-order valence-electron chi connectivity index (χ3n) is 6.07. The van der Waals surface area contributed by atoms with Gasteiger partial charge in [-0.25, -0.2) is 0 Å². The van der Waals surface area contributed by atoms with Crippen molar-refractivity contribution in [2.45, 2.75) is 46.0 Å². The molecule has 0 radical (unpaired) electrons. The molecule has 0 spiro atoms. The zero-order chi connectivity index (χ0) is 22.4. The van der Waals surface area contributed by atoms with Gasteiger partial charge in [0.05, 0.1) is 5.56 Å². The van der Waals surface area contributed by atoms with E-state index in [2.05, 4.69) is 19.2 Å². The third kappa shape index (κ3) is 5.87. The summed E-state index contributed by atoms with van der Waals surface area (Å²) < 4.78 is 0. The van der Waals surface area contributed by atoms with Crippen LogP contribution in [0.2, 0.25) is 0 Å². The summed E-state index contributed by atoms with van der Waals surface area (Å²) in [6, 6.07) is 13.4. The molecule has 2 amide bonds. The van der Waals surface area contributed by atoms with Gasteiger partial charge in [0.25, 0.3) is 11.8 Å². The Morgan fingerprint density at radius 3 is 2.35 bits per heavy atom. The molecule has 0 aliphatic carbocycles. The van der Waals surface area contributed by atoms with Crippen LogP contribution >= 0.6 is 0 Å². The molecule has 2 aromatic rings. The summed E-state index contributed by atoms with van der Waals surface area (Å²) in [5.74, 6) is 0.535. The third-order valence-corrected chi connectivity index (χ3v) is 6.07. The van der Waals surface area contributed by atoms with Crippen LogP contribution in [0, 0.1) is 5.92 Å². The summed E-state index contributed by atoms with van der Waals surface area (Å²) >= 11 is 0. The van der Waals surface area contributed by atoms with Crippen molar-refractivity contribution in [3.05, 3.63) is 59.2 Å². The Morgan fingerprint density at radius 2 is 1.74 bits per heavy atom. The molecule has 1 N–H and O–H groups in total. The first-order chi connectivity index (χ1) is 14.9. The summed E-state index contributed by atoms with van der Waals surface area (Å²) in [5, 5.41) is 2.96. The number of benzene rings is 2. The highest BCUT2D eigenvalue weighted by molar-refractivity contribution is 6.06. The number of nitrogens with zero attached hydrogens (tertiary/aromatic N) is 2. The van der Waals surface area contributed by atoms with Crippen molar-refractivity contribution in [3.8, 4) is 0 Å². The number of rotatable bonds is 7. The van der Waals surface area contributed by atoms with E-state index in [0.29, 0.717) is 22.7 Å². The SMILES string of the molecule is CCCCc1ccc(C(=O)Nc2ccc(N(C)C)c(C(=O)N3CCC(C)CC3)c2)cc1. The standard InChI is InChI=1S/C26H35N3O2/c1-5-6-7-20-8-10-21(11-9-20)25(30)27-22-12-13-24(28(3)4)23(18-22)26(31)29-16-14-19(2)15-17-29/h8-13,18-19H,5-7,14-17H2,1-4H3,(H,27,30). The van der Waals surface area contributed by atoms with E-state index in [-0.39, 0.29) is 11.8 Å². The van der Waals surface area contributed by atoms with Crippen LogP contribution < -0.4 is 10.2 Å². The Bertz CT molecular complexity index is 897. The van der Waals surface area contributed by atoms with Crippen LogP contribution in [0.5, 0.6) is 0 Å². The Morgan fingerprint density at radius 1 is 1.06 bits per heavy atom. The molecule has 1 fully saturated rings. The first kappa shape index (κ1) is 22.9. The summed E-state index contributed by atoms with van der Waals surface area (Å²) in [4.78, 5) is 29.9. The Labute approximate surface area is 186 Å². The zero-order valence-corrected chi connectivity index (χ0v) is 19.3. The first-order valence-corrected chi connectivity index (χ1v) is 11.4. The number of aryl methyl sites for hydroxylation is 1. The van der Waals surface area contributed by atoms with E-state index in [1.807, 2.05) is 66.4 Å². The smallest absolute Gasteiger partial charge is 0.256 e. The molecule has 166 valence electrons. The number of carbonyl (C=O) groups is 2. The van der Waals surface area contributed by atoms with Gasteiger partial charge in [-0.1, -0.05) is 32.4 Å². The molecule has 2 aromatic carbocycles. The number of hydrogen-bond acceptors (Lipinski definition) is 3. The summed E-state index contributed by atoms with van der Waals surface area (Å²) in [6.45, 7) is 5.98. The van der Waals surface area contributed by atoms with E-state index in [0.717, 1.165) is 50.9 Å². The number of piperidine rings is 1. The Balaban J connectivity index is 1.76. The molecule has 0 aromatic heterocycles. The van der Waals surface area contributed by atoms with Crippen LogP contribution in [0.15, 0.2) is 42.5 Å². The number of carbonyl (C=O) groups excluding carboxylic acids is 2. The molecule has 31 heavy (non-hydrogen) atoms. The molecular formula is C26H35N3O2. The molecule has 0 atom stereocenters. The molecule has 5 nitrogen and oxygen atoms in total. The van der Waals surface area contributed by atoms with Gasteiger partial charge in [-0.3, -0.25) is 9.59 Å². The van der Waals surface area contributed by atoms with E-state index in [1.54, 1.807) is 0 Å². The highest BCUT2D eigenvalue weighted by Crippen LogP contribution is 2.27. The lowest BCUT2D eigenvalue weighted by atomic mass is 9.98. The van der Waals surface area contributed by atoms with E-state index >= 15 is 0 Å². The van der Waals surface area contributed by atoms with Crippen molar-refractivity contribution in [2.24, 2.45) is 5.92 Å². The molecule has 0 saturated carbocycles. The largest absolute Gasteiger partial charge is 0.377 e. The van der Waals surface area contributed by atoms with Crippen LogP contribution in [0.1, 0.15) is 65.8 Å². The molecule has 0 unspecified atom stereocenters. The van der Waals surface area contributed by atoms with Gasteiger partial charge < -0.3 is 15.1 Å². The number of likely N-dealkylation sites (tertiary alicyclic amines) is 1. The van der Waals surface area contributed by atoms with E-state index < -0.39 is 0 Å². The van der Waals surface area contributed by atoms with Crippen molar-refractivity contribution >= 4 is 23.2 Å². The zero-order valence-electron chi connectivity index (χ0n) is 19.3. The maximum atomic E-state index is 13.2. The second-order valence-corrected chi connectivity index (χ2v) is 8.86. The van der Waals surface area contributed by atoms with Crippen molar-refractivity contribution in [3.63, 3.8) is 0 Å². The summed E-state index contributed by atoms with van der Waals surface area (Å²) in [6.07, 6.45) is 5.41. The van der Waals surface area contributed by atoms with Gasteiger partial charge in [0.15, 0.2) is 0 Å². The minimum absolute atomic E-state index is 0.0342. The minimum atomic E-state index is -0.162. The first-order valence-electron chi connectivity index (χ1n) is 11.4.